The number of aromatic nitrogens is 4. The van der Waals surface area contributed by atoms with Gasteiger partial charge in [-0.3, -0.25) is 0 Å². The van der Waals surface area contributed by atoms with Gasteiger partial charge in [0, 0.05) is 11.8 Å². The van der Waals surface area contributed by atoms with Crippen molar-refractivity contribution in [2.45, 2.75) is 19.8 Å². The molecule has 2 rings (SSSR count). The van der Waals surface area contributed by atoms with Crippen LogP contribution in [0.3, 0.4) is 0 Å². The van der Waals surface area contributed by atoms with E-state index in [9.17, 15) is 0 Å². The summed E-state index contributed by atoms with van der Waals surface area (Å²) in [5, 5.41) is 4.67. The van der Waals surface area contributed by atoms with Crippen LogP contribution in [0.1, 0.15) is 25.3 Å². The fraction of sp³-hybridized carbons (Fsp3) is 0.300. The topological polar surface area (TPSA) is 43.6 Å². The van der Waals surface area contributed by atoms with E-state index in [-0.39, 0.29) is 5.92 Å². The van der Waals surface area contributed by atoms with Crippen LogP contribution in [0.2, 0.25) is 5.15 Å². The Kier molecular flexibility index (Phi) is 3.25. The lowest BCUT2D eigenvalue weighted by Gasteiger charge is -2.11. The highest BCUT2D eigenvalue weighted by Crippen LogP contribution is 2.27. The molecular formula is C10H10BrClN4. The van der Waals surface area contributed by atoms with E-state index in [4.69, 9.17) is 11.6 Å². The van der Waals surface area contributed by atoms with Gasteiger partial charge in [-0.2, -0.15) is 5.10 Å². The second-order valence-electron chi connectivity index (χ2n) is 3.66. The lowest BCUT2D eigenvalue weighted by molar-refractivity contribution is 0.772. The fourth-order valence-electron chi connectivity index (χ4n) is 1.46. The molecule has 0 atom stereocenters. The lowest BCUT2D eigenvalue weighted by Crippen LogP contribution is -2.06. The Hall–Kier alpha value is -0.940. The van der Waals surface area contributed by atoms with Crippen LogP contribution in [-0.4, -0.2) is 19.7 Å². The molecule has 0 aliphatic heterocycles. The van der Waals surface area contributed by atoms with Crippen LogP contribution in [0.4, 0.5) is 0 Å². The summed E-state index contributed by atoms with van der Waals surface area (Å²) >= 11 is 9.43. The molecule has 0 saturated carbocycles. The summed E-state index contributed by atoms with van der Waals surface area (Å²) in [5.74, 6) is 0.965. The fourth-order valence-corrected chi connectivity index (χ4v) is 2.09. The molecule has 4 nitrogen and oxygen atoms in total. The molecule has 0 bridgehead atoms. The van der Waals surface area contributed by atoms with Gasteiger partial charge in [-0.15, -0.1) is 0 Å². The summed E-state index contributed by atoms with van der Waals surface area (Å²) in [4.78, 5) is 8.22. The largest absolute Gasteiger partial charge is 0.224 e. The first-order valence-electron chi connectivity index (χ1n) is 4.80. The van der Waals surface area contributed by atoms with Gasteiger partial charge in [0.2, 0.25) is 0 Å². The highest BCUT2D eigenvalue weighted by atomic mass is 79.9. The molecule has 0 fully saturated rings. The molecule has 2 heterocycles. The second kappa shape index (κ2) is 4.51. The molecule has 84 valence electrons. The third-order valence-electron chi connectivity index (χ3n) is 2.16. The molecule has 2 aromatic heterocycles. The van der Waals surface area contributed by atoms with Crippen molar-refractivity contribution in [1.82, 2.24) is 19.7 Å². The normalized spacial score (nSPS) is 11.1. The summed E-state index contributed by atoms with van der Waals surface area (Å²) < 4.78 is 2.59. The summed E-state index contributed by atoms with van der Waals surface area (Å²) in [5.41, 5.74) is 0.903. The molecular weight excluding hydrogens is 291 g/mol. The minimum atomic E-state index is 0.242. The summed E-state index contributed by atoms with van der Waals surface area (Å²) in [6.07, 6.45) is 4.99. The second-order valence-corrected chi connectivity index (χ2v) is 4.93. The average molecular weight is 302 g/mol. The predicted molar refractivity (Wildman–Crippen MR) is 66.0 cm³/mol. The summed E-state index contributed by atoms with van der Waals surface area (Å²) in [6, 6.07) is 0. The van der Waals surface area contributed by atoms with Crippen molar-refractivity contribution in [2.75, 3.05) is 0 Å². The van der Waals surface area contributed by atoms with Crippen LogP contribution in [0.5, 0.6) is 0 Å². The number of rotatable bonds is 2. The van der Waals surface area contributed by atoms with E-state index in [0.29, 0.717) is 5.15 Å². The van der Waals surface area contributed by atoms with E-state index in [1.165, 1.54) is 6.33 Å². The third-order valence-corrected chi connectivity index (χ3v) is 2.87. The molecule has 6 heteroatoms. The first-order chi connectivity index (χ1) is 7.59. The van der Waals surface area contributed by atoms with Gasteiger partial charge in [-0.05, 0) is 21.8 Å². The van der Waals surface area contributed by atoms with Crippen LogP contribution in [0.15, 0.2) is 23.2 Å². The summed E-state index contributed by atoms with van der Waals surface area (Å²) in [7, 11) is 0. The number of halogens is 2. The highest BCUT2D eigenvalue weighted by Gasteiger charge is 2.15. The molecule has 0 amide bonds. The smallest absolute Gasteiger partial charge is 0.161 e. The van der Waals surface area contributed by atoms with Crippen LogP contribution in [0.25, 0.3) is 5.82 Å². The summed E-state index contributed by atoms with van der Waals surface area (Å²) in [6.45, 7) is 4.10. The first-order valence-corrected chi connectivity index (χ1v) is 5.97. The third kappa shape index (κ3) is 2.10. The lowest BCUT2D eigenvalue weighted by atomic mass is 10.1. The number of hydrogen-bond donors (Lipinski definition) is 0. The Labute approximate surface area is 107 Å². The maximum Gasteiger partial charge on any atom is 0.161 e. The van der Waals surface area contributed by atoms with Gasteiger partial charge in [-0.1, -0.05) is 25.4 Å². The van der Waals surface area contributed by atoms with Crippen molar-refractivity contribution in [3.05, 3.63) is 33.9 Å². The molecule has 16 heavy (non-hydrogen) atoms. The minimum Gasteiger partial charge on any atom is -0.224 e. The van der Waals surface area contributed by atoms with Gasteiger partial charge in [0.1, 0.15) is 11.5 Å². The Bertz CT molecular complexity index is 509. The van der Waals surface area contributed by atoms with Crippen molar-refractivity contribution < 1.29 is 0 Å². The molecule has 0 N–H and O–H groups in total. The Balaban J connectivity index is 2.60. The van der Waals surface area contributed by atoms with Crippen molar-refractivity contribution >= 4 is 27.5 Å². The standard InChI is InChI=1S/C10H10BrClN4/c1-6(2)8-9(12)13-5-14-10(8)16-4-7(11)3-15-16/h3-6H,1-2H3. The Morgan fingerprint density at radius 3 is 2.69 bits per heavy atom. The van der Waals surface area contributed by atoms with Crippen LogP contribution < -0.4 is 0 Å². The van der Waals surface area contributed by atoms with Gasteiger partial charge in [0.15, 0.2) is 5.82 Å². The molecule has 0 unspecified atom stereocenters. The number of hydrogen-bond acceptors (Lipinski definition) is 3. The van der Waals surface area contributed by atoms with Crippen LogP contribution >= 0.6 is 27.5 Å². The predicted octanol–water partition coefficient (Wildman–Crippen LogP) is 3.20. The van der Waals surface area contributed by atoms with E-state index in [2.05, 4.69) is 31.0 Å². The van der Waals surface area contributed by atoms with E-state index in [1.807, 2.05) is 20.0 Å². The Morgan fingerprint density at radius 2 is 2.12 bits per heavy atom. The molecule has 0 spiro atoms. The molecule has 0 aromatic carbocycles. The molecule has 0 saturated heterocycles. The van der Waals surface area contributed by atoms with E-state index < -0.39 is 0 Å². The zero-order chi connectivity index (χ0) is 11.7. The van der Waals surface area contributed by atoms with Crippen LogP contribution in [0, 0.1) is 0 Å². The molecule has 0 radical (unpaired) electrons. The van der Waals surface area contributed by atoms with Crippen molar-refractivity contribution in [1.29, 1.82) is 0 Å². The highest BCUT2D eigenvalue weighted by molar-refractivity contribution is 9.10. The maximum atomic E-state index is 6.08. The van der Waals surface area contributed by atoms with Crippen molar-refractivity contribution in [3.63, 3.8) is 0 Å². The van der Waals surface area contributed by atoms with Gasteiger partial charge in [0.25, 0.3) is 0 Å². The van der Waals surface area contributed by atoms with Crippen LogP contribution in [-0.2, 0) is 0 Å². The van der Waals surface area contributed by atoms with Gasteiger partial charge < -0.3 is 0 Å². The van der Waals surface area contributed by atoms with E-state index in [0.717, 1.165) is 15.9 Å². The quantitative estimate of drug-likeness (QED) is 0.800. The molecule has 2 aromatic rings. The number of nitrogens with zero attached hydrogens (tertiary/aromatic N) is 4. The van der Waals surface area contributed by atoms with E-state index in [1.54, 1.807) is 10.9 Å². The average Bonchev–Trinajstić information content (AvgIpc) is 2.63. The van der Waals surface area contributed by atoms with Gasteiger partial charge in [0.05, 0.1) is 10.7 Å². The van der Waals surface area contributed by atoms with Crippen molar-refractivity contribution in [3.8, 4) is 5.82 Å². The monoisotopic (exact) mass is 300 g/mol. The van der Waals surface area contributed by atoms with Gasteiger partial charge >= 0.3 is 0 Å². The maximum absolute atomic E-state index is 6.08. The SMILES string of the molecule is CC(C)c1c(Cl)ncnc1-n1cc(Br)cn1. The zero-order valence-corrected chi connectivity index (χ0v) is 11.2. The molecule has 0 aliphatic carbocycles. The Morgan fingerprint density at radius 1 is 1.38 bits per heavy atom. The first kappa shape index (κ1) is 11.5. The minimum absolute atomic E-state index is 0.242. The van der Waals surface area contributed by atoms with Gasteiger partial charge in [-0.25, -0.2) is 14.6 Å². The van der Waals surface area contributed by atoms with E-state index >= 15 is 0 Å². The van der Waals surface area contributed by atoms with Crippen molar-refractivity contribution in [2.24, 2.45) is 0 Å². The zero-order valence-electron chi connectivity index (χ0n) is 8.85. The molecule has 0 aliphatic rings.